The van der Waals surface area contributed by atoms with Gasteiger partial charge in [-0.3, -0.25) is 29.0 Å². The largest absolute Gasteiger partial charge is 0.494 e. The molecule has 0 saturated carbocycles. The summed E-state index contributed by atoms with van der Waals surface area (Å²) in [6.07, 6.45) is 0.247. The van der Waals surface area contributed by atoms with E-state index in [1.807, 2.05) is 23.6 Å². The van der Waals surface area contributed by atoms with Crippen LogP contribution in [0, 0.1) is 0 Å². The molecule has 3 saturated heterocycles. The number of nitrogens with zero attached hydrogens (tertiary/aromatic N) is 4. The number of carbonyl (C=O) groups is 4. The Balaban J connectivity index is 1.20. The van der Waals surface area contributed by atoms with Crippen molar-refractivity contribution in [2.45, 2.75) is 38.8 Å². The summed E-state index contributed by atoms with van der Waals surface area (Å²) in [6.45, 7) is 6.98. The molecule has 2 aromatic rings. The fourth-order valence-electron chi connectivity index (χ4n) is 5.42. The molecular weight excluding hydrogens is 488 g/mol. The fraction of sp³-hybridized carbons (Fsp3) is 0.429. The second-order valence-electron chi connectivity index (χ2n) is 9.50. The molecule has 10 nitrogen and oxygen atoms in total. The van der Waals surface area contributed by atoms with Crippen LogP contribution in [0.2, 0.25) is 0 Å². The fourth-order valence-corrected chi connectivity index (χ4v) is 5.42. The van der Waals surface area contributed by atoms with Crippen molar-refractivity contribution in [3.05, 3.63) is 48.5 Å². The van der Waals surface area contributed by atoms with E-state index in [1.165, 1.54) is 9.80 Å². The minimum Gasteiger partial charge on any atom is -0.494 e. The van der Waals surface area contributed by atoms with E-state index in [0.717, 1.165) is 0 Å². The molecule has 0 aliphatic carbocycles. The van der Waals surface area contributed by atoms with Gasteiger partial charge in [-0.15, -0.1) is 0 Å². The standard InChI is InChI=1S/C28H32N4O6/c1-3-37-21-9-5-19(6-10-21)31-25(33)17-23(27(31)35)29-13-15-30(16-14-29)24-18-26(34)32(28(24)36)20-7-11-22(12-8-20)38-4-2/h5-12,23-24H,3-4,13-18H2,1-2H3/t23-,24+. The second-order valence-corrected chi connectivity index (χ2v) is 9.50. The van der Waals surface area contributed by atoms with Gasteiger partial charge in [-0.1, -0.05) is 0 Å². The number of carbonyl (C=O) groups excluding carboxylic acids is 4. The summed E-state index contributed by atoms with van der Waals surface area (Å²) in [6, 6.07) is 12.8. The first-order chi connectivity index (χ1) is 18.4. The van der Waals surface area contributed by atoms with Crippen molar-refractivity contribution >= 4 is 35.0 Å². The van der Waals surface area contributed by atoms with Gasteiger partial charge in [0.05, 0.1) is 49.5 Å². The number of anilines is 2. The van der Waals surface area contributed by atoms with Crippen molar-refractivity contribution in [1.82, 2.24) is 9.80 Å². The van der Waals surface area contributed by atoms with E-state index in [2.05, 4.69) is 0 Å². The lowest BCUT2D eigenvalue weighted by Gasteiger charge is -2.38. The van der Waals surface area contributed by atoms with E-state index in [9.17, 15) is 19.2 Å². The summed E-state index contributed by atoms with van der Waals surface area (Å²) < 4.78 is 10.9. The lowest BCUT2D eigenvalue weighted by molar-refractivity contribution is -0.126. The predicted molar refractivity (Wildman–Crippen MR) is 140 cm³/mol. The number of piperazine rings is 1. The Morgan fingerprint density at radius 1 is 0.605 bits per heavy atom. The molecule has 3 aliphatic heterocycles. The van der Waals surface area contributed by atoms with Crippen molar-refractivity contribution in [3.63, 3.8) is 0 Å². The predicted octanol–water partition coefficient (Wildman–Crippen LogP) is 2.07. The van der Waals surface area contributed by atoms with Gasteiger partial charge in [0.1, 0.15) is 11.5 Å². The molecule has 3 aliphatic rings. The van der Waals surface area contributed by atoms with Gasteiger partial charge in [0, 0.05) is 26.2 Å². The average Bonchev–Trinajstić information content (AvgIpc) is 3.39. The molecule has 3 heterocycles. The van der Waals surface area contributed by atoms with Crippen LogP contribution in [0.15, 0.2) is 48.5 Å². The van der Waals surface area contributed by atoms with Crippen LogP contribution in [0.3, 0.4) is 0 Å². The minimum atomic E-state index is -0.530. The highest BCUT2D eigenvalue weighted by Crippen LogP contribution is 2.30. The Morgan fingerprint density at radius 3 is 1.26 bits per heavy atom. The average molecular weight is 521 g/mol. The van der Waals surface area contributed by atoms with Crippen molar-refractivity contribution in [2.24, 2.45) is 0 Å². The summed E-state index contributed by atoms with van der Waals surface area (Å²) in [7, 11) is 0. The zero-order chi connectivity index (χ0) is 26.8. The smallest absolute Gasteiger partial charge is 0.251 e. The minimum absolute atomic E-state index is 0.123. The maximum absolute atomic E-state index is 13.2. The van der Waals surface area contributed by atoms with Crippen LogP contribution < -0.4 is 19.3 Å². The van der Waals surface area contributed by atoms with Gasteiger partial charge in [-0.05, 0) is 62.4 Å². The first-order valence-electron chi connectivity index (χ1n) is 13.1. The van der Waals surface area contributed by atoms with E-state index in [1.54, 1.807) is 48.5 Å². The Kier molecular flexibility index (Phi) is 7.44. The molecule has 10 heteroatoms. The number of imide groups is 2. The highest BCUT2D eigenvalue weighted by molar-refractivity contribution is 6.23. The van der Waals surface area contributed by atoms with Crippen molar-refractivity contribution in [2.75, 3.05) is 49.2 Å². The van der Waals surface area contributed by atoms with Crippen LogP contribution in [0.25, 0.3) is 0 Å². The number of hydrogen-bond donors (Lipinski definition) is 0. The van der Waals surface area contributed by atoms with Gasteiger partial charge in [0.25, 0.3) is 11.8 Å². The highest BCUT2D eigenvalue weighted by Gasteiger charge is 2.46. The van der Waals surface area contributed by atoms with Gasteiger partial charge in [-0.2, -0.15) is 0 Å². The van der Waals surface area contributed by atoms with Crippen molar-refractivity contribution in [3.8, 4) is 11.5 Å². The van der Waals surface area contributed by atoms with Crippen LogP contribution in [0.4, 0.5) is 11.4 Å². The van der Waals surface area contributed by atoms with E-state index in [4.69, 9.17) is 9.47 Å². The van der Waals surface area contributed by atoms with Gasteiger partial charge >= 0.3 is 0 Å². The zero-order valence-corrected chi connectivity index (χ0v) is 21.7. The Bertz CT molecular complexity index is 1110. The molecule has 0 bridgehead atoms. The molecule has 38 heavy (non-hydrogen) atoms. The molecule has 3 fully saturated rings. The Morgan fingerprint density at radius 2 is 0.947 bits per heavy atom. The molecule has 0 spiro atoms. The summed E-state index contributed by atoms with van der Waals surface area (Å²) >= 11 is 0. The van der Waals surface area contributed by atoms with Crippen LogP contribution >= 0.6 is 0 Å². The lowest BCUT2D eigenvalue weighted by atomic mass is 10.1. The summed E-state index contributed by atoms with van der Waals surface area (Å²) in [5.41, 5.74) is 1.07. The third-order valence-electron chi connectivity index (χ3n) is 7.29. The molecule has 4 amide bonds. The maximum Gasteiger partial charge on any atom is 0.251 e. The number of ether oxygens (including phenoxy) is 2. The Labute approximate surface area is 221 Å². The molecule has 0 unspecified atom stereocenters. The molecule has 2 aromatic carbocycles. The van der Waals surface area contributed by atoms with Crippen LogP contribution in [0.1, 0.15) is 26.7 Å². The van der Waals surface area contributed by atoms with Crippen molar-refractivity contribution in [1.29, 1.82) is 0 Å². The van der Waals surface area contributed by atoms with Crippen LogP contribution in [0.5, 0.6) is 11.5 Å². The lowest BCUT2D eigenvalue weighted by Crippen LogP contribution is -2.56. The SMILES string of the molecule is CCOc1ccc(N2C(=O)C[C@@H](N3CCN([C@H]4CC(=O)N(c5ccc(OCC)cc5)C4=O)CC3)C2=O)cc1. The van der Waals surface area contributed by atoms with Crippen molar-refractivity contribution < 1.29 is 28.7 Å². The van der Waals surface area contributed by atoms with Crippen LogP contribution in [-0.2, 0) is 19.2 Å². The molecule has 0 aromatic heterocycles. The Hall–Kier alpha value is -3.76. The van der Waals surface area contributed by atoms with E-state index in [-0.39, 0.29) is 36.5 Å². The van der Waals surface area contributed by atoms with Crippen LogP contribution in [-0.4, -0.2) is 84.9 Å². The second kappa shape index (κ2) is 10.9. The number of amides is 4. The summed E-state index contributed by atoms with van der Waals surface area (Å²) in [4.78, 5) is 58.5. The number of rotatable bonds is 8. The molecular formula is C28H32N4O6. The third kappa shape index (κ3) is 4.89. The van der Waals surface area contributed by atoms with Gasteiger partial charge < -0.3 is 9.47 Å². The quantitative estimate of drug-likeness (QED) is 0.488. The van der Waals surface area contributed by atoms with E-state index < -0.39 is 12.1 Å². The number of hydrogen-bond acceptors (Lipinski definition) is 8. The first-order valence-corrected chi connectivity index (χ1v) is 13.1. The maximum atomic E-state index is 13.2. The molecule has 2 atom stereocenters. The monoisotopic (exact) mass is 520 g/mol. The number of benzene rings is 2. The zero-order valence-electron chi connectivity index (χ0n) is 21.7. The molecule has 0 radical (unpaired) electrons. The summed E-state index contributed by atoms with van der Waals surface area (Å²) in [5, 5.41) is 0. The molecule has 5 rings (SSSR count). The highest BCUT2D eigenvalue weighted by atomic mass is 16.5. The topological polar surface area (TPSA) is 99.7 Å². The summed E-state index contributed by atoms with van der Waals surface area (Å²) in [5.74, 6) is 0.444. The van der Waals surface area contributed by atoms with Gasteiger partial charge in [-0.25, -0.2) is 9.80 Å². The molecule has 200 valence electrons. The molecule has 0 N–H and O–H groups in total. The third-order valence-corrected chi connectivity index (χ3v) is 7.29. The van der Waals surface area contributed by atoms with Gasteiger partial charge in [0.15, 0.2) is 0 Å². The van der Waals surface area contributed by atoms with E-state index >= 15 is 0 Å². The first kappa shape index (κ1) is 25.9. The van der Waals surface area contributed by atoms with E-state index in [0.29, 0.717) is 62.3 Å². The normalized spacial score (nSPS) is 23.0. The van der Waals surface area contributed by atoms with Gasteiger partial charge in [0.2, 0.25) is 11.8 Å².